The van der Waals surface area contributed by atoms with E-state index in [0.29, 0.717) is 12.3 Å². The molecule has 1 heterocycles. The minimum Gasteiger partial charge on any atom is -0.468 e. The van der Waals surface area contributed by atoms with Crippen LogP contribution in [0, 0.1) is 0 Å². The van der Waals surface area contributed by atoms with Crippen LogP contribution >= 0.6 is 0 Å². The Bertz CT molecular complexity index is 473. The summed E-state index contributed by atoms with van der Waals surface area (Å²) in [6.45, 7) is 5.97. The Kier molecular flexibility index (Phi) is 5.01. The van der Waals surface area contributed by atoms with E-state index in [1.165, 1.54) is 12.7 Å². The number of methoxy groups -OCH3 is 1. The van der Waals surface area contributed by atoms with E-state index >= 15 is 0 Å². The second-order valence-corrected chi connectivity index (χ2v) is 6.35. The number of likely N-dealkylation sites (tertiary alicyclic amines) is 1. The molecule has 1 fully saturated rings. The van der Waals surface area contributed by atoms with Crippen LogP contribution in [0.3, 0.4) is 0 Å². The van der Waals surface area contributed by atoms with E-state index in [1.54, 1.807) is 6.92 Å². The van der Waals surface area contributed by atoms with Crippen LogP contribution in [-0.4, -0.2) is 42.6 Å². The largest absolute Gasteiger partial charge is 0.468 e. The van der Waals surface area contributed by atoms with Crippen molar-refractivity contribution in [2.45, 2.75) is 44.2 Å². The number of hydrogen-bond acceptors (Lipinski definition) is 4. The molecule has 0 saturated carbocycles. The number of nitrogens with zero attached hydrogens (tertiary/aromatic N) is 1. The minimum absolute atomic E-state index is 0.271. The minimum atomic E-state index is -0.918. The average molecular weight is 290 g/mol. The van der Waals surface area contributed by atoms with E-state index < -0.39 is 5.54 Å². The maximum atomic E-state index is 11.7. The summed E-state index contributed by atoms with van der Waals surface area (Å²) in [7, 11) is 1.39. The molecule has 2 N–H and O–H groups in total. The van der Waals surface area contributed by atoms with Crippen molar-refractivity contribution < 1.29 is 9.53 Å². The Morgan fingerprint density at radius 1 is 1.48 bits per heavy atom. The third-order valence-electron chi connectivity index (χ3n) is 4.49. The zero-order chi connectivity index (χ0) is 15.5. The van der Waals surface area contributed by atoms with Crippen molar-refractivity contribution in [3.63, 3.8) is 0 Å². The highest BCUT2D eigenvalue weighted by Gasteiger charge is 2.35. The zero-order valence-corrected chi connectivity index (χ0v) is 13.2. The standard InChI is InChI=1S/C17H26N2O2/c1-13(11-17(2,18)16(20)21-3)19-10-9-15(12-19)14-7-5-4-6-8-14/h4-8,13,15H,9-12,18H2,1-3H3. The van der Waals surface area contributed by atoms with Gasteiger partial charge in [0.15, 0.2) is 0 Å². The van der Waals surface area contributed by atoms with Gasteiger partial charge in [0.1, 0.15) is 5.54 Å². The number of nitrogens with two attached hydrogens (primary N) is 1. The molecule has 0 radical (unpaired) electrons. The van der Waals surface area contributed by atoms with Gasteiger partial charge >= 0.3 is 5.97 Å². The molecule has 2 rings (SSSR count). The lowest BCUT2D eigenvalue weighted by Gasteiger charge is -2.31. The molecule has 1 saturated heterocycles. The molecule has 0 amide bonds. The van der Waals surface area contributed by atoms with Crippen molar-refractivity contribution in [1.29, 1.82) is 0 Å². The zero-order valence-electron chi connectivity index (χ0n) is 13.2. The number of rotatable bonds is 5. The van der Waals surface area contributed by atoms with Gasteiger partial charge in [-0.15, -0.1) is 0 Å². The van der Waals surface area contributed by atoms with Crippen molar-refractivity contribution in [3.8, 4) is 0 Å². The Balaban J connectivity index is 1.93. The lowest BCUT2D eigenvalue weighted by atomic mass is 9.94. The van der Waals surface area contributed by atoms with Crippen LogP contribution in [0.2, 0.25) is 0 Å². The molecule has 4 heteroatoms. The van der Waals surface area contributed by atoms with Gasteiger partial charge in [-0.2, -0.15) is 0 Å². The summed E-state index contributed by atoms with van der Waals surface area (Å²) in [6.07, 6.45) is 1.77. The first kappa shape index (κ1) is 16.0. The van der Waals surface area contributed by atoms with Crippen molar-refractivity contribution >= 4 is 5.97 Å². The molecule has 0 aliphatic carbocycles. The molecule has 1 aliphatic heterocycles. The van der Waals surface area contributed by atoms with Crippen LogP contribution in [0.15, 0.2) is 30.3 Å². The first-order valence-electron chi connectivity index (χ1n) is 7.60. The van der Waals surface area contributed by atoms with Crippen LogP contribution in [0.4, 0.5) is 0 Å². The second-order valence-electron chi connectivity index (χ2n) is 6.35. The smallest absolute Gasteiger partial charge is 0.325 e. The van der Waals surface area contributed by atoms with Crippen LogP contribution < -0.4 is 5.73 Å². The van der Waals surface area contributed by atoms with Crippen molar-refractivity contribution in [1.82, 2.24) is 4.90 Å². The van der Waals surface area contributed by atoms with Gasteiger partial charge in [0.25, 0.3) is 0 Å². The molecule has 0 aromatic heterocycles. The lowest BCUT2D eigenvalue weighted by molar-refractivity contribution is -0.147. The molecule has 0 spiro atoms. The van der Waals surface area contributed by atoms with Gasteiger partial charge in [-0.1, -0.05) is 30.3 Å². The number of hydrogen-bond donors (Lipinski definition) is 1. The fraction of sp³-hybridized carbons (Fsp3) is 0.588. The molecule has 1 aliphatic rings. The molecular formula is C17H26N2O2. The van der Waals surface area contributed by atoms with Crippen molar-refractivity contribution in [2.24, 2.45) is 5.73 Å². The summed E-state index contributed by atoms with van der Waals surface area (Å²) in [5.41, 5.74) is 6.56. The topological polar surface area (TPSA) is 55.6 Å². The summed E-state index contributed by atoms with van der Waals surface area (Å²) < 4.78 is 4.79. The van der Waals surface area contributed by atoms with Gasteiger partial charge in [-0.25, -0.2) is 0 Å². The monoisotopic (exact) mass is 290 g/mol. The number of benzene rings is 1. The highest BCUT2D eigenvalue weighted by atomic mass is 16.5. The second kappa shape index (κ2) is 6.58. The molecule has 4 nitrogen and oxygen atoms in total. The number of carbonyl (C=O) groups excluding carboxylic acids is 1. The summed E-state index contributed by atoms with van der Waals surface area (Å²) in [5.74, 6) is 0.240. The maximum Gasteiger partial charge on any atom is 0.325 e. The van der Waals surface area contributed by atoms with Crippen LogP contribution in [0.25, 0.3) is 0 Å². The van der Waals surface area contributed by atoms with E-state index in [-0.39, 0.29) is 12.0 Å². The van der Waals surface area contributed by atoms with Gasteiger partial charge in [-0.05, 0) is 44.7 Å². The predicted octanol–water partition coefficient (Wildman–Crippen LogP) is 2.14. The highest BCUT2D eigenvalue weighted by Crippen LogP contribution is 2.29. The van der Waals surface area contributed by atoms with Gasteiger partial charge in [0.2, 0.25) is 0 Å². The van der Waals surface area contributed by atoms with E-state index in [2.05, 4.69) is 42.2 Å². The predicted molar refractivity (Wildman–Crippen MR) is 84.1 cm³/mol. The third kappa shape index (κ3) is 3.83. The Morgan fingerprint density at radius 2 is 2.14 bits per heavy atom. The van der Waals surface area contributed by atoms with Gasteiger partial charge in [0.05, 0.1) is 7.11 Å². The Morgan fingerprint density at radius 3 is 2.76 bits per heavy atom. The summed E-state index contributed by atoms with van der Waals surface area (Å²) in [6, 6.07) is 10.9. The molecule has 3 unspecified atom stereocenters. The molecule has 116 valence electrons. The molecule has 0 bridgehead atoms. The summed E-state index contributed by atoms with van der Waals surface area (Å²) >= 11 is 0. The summed E-state index contributed by atoms with van der Waals surface area (Å²) in [5, 5.41) is 0. The van der Waals surface area contributed by atoms with Crippen LogP contribution in [0.1, 0.15) is 38.2 Å². The Hall–Kier alpha value is -1.39. The first-order valence-corrected chi connectivity index (χ1v) is 7.60. The van der Waals surface area contributed by atoms with Gasteiger partial charge < -0.3 is 10.5 Å². The average Bonchev–Trinajstić information content (AvgIpc) is 2.96. The molecule has 1 aromatic carbocycles. The fourth-order valence-corrected chi connectivity index (χ4v) is 3.24. The SMILES string of the molecule is COC(=O)C(C)(N)CC(C)N1CCC(c2ccccc2)C1. The number of ether oxygens (including phenoxy) is 1. The van der Waals surface area contributed by atoms with Crippen LogP contribution in [-0.2, 0) is 9.53 Å². The third-order valence-corrected chi connectivity index (χ3v) is 4.49. The maximum absolute atomic E-state index is 11.7. The van der Waals surface area contributed by atoms with Crippen molar-refractivity contribution in [3.05, 3.63) is 35.9 Å². The molecule has 3 atom stereocenters. The number of esters is 1. The fourth-order valence-electron chi connectivity index (χ4n) is 3.24. The van der Waals surface area contributed by atoms with E-state index in [0.717, 1.165) is 19.5 Å². The lowest BCUT2D eigenvalue weighted by Crippen LogP contribution is -2.50. The number of carbonyl (C=O) groups is 1. The quantitative estimate of drug-likeness (QED) is 0.844. The van der Waals surface area contributed by atoms with Crippen LogP contribution in [0.5, 0.6) is 0 Å². The highest BCUT2D eigenvalue weighted by molar-refractivity contribution is 5.79. The van der Waals surface area contributed by atoms with Gasteiger partial charge in [0, 0.05) is 12.6 Å². The Labute approximate surface area is 127 Å². The molecule has 1 aromatic rings. The molecule has 21 heavy (non-hydrogen) atoms. The van der Waals surface area contributed by atoms with Crippen molar-refractivity contribution in [2.75, 3.05) is 20.2 Å². The van der Waals surface area contributed by atoms with E-state index in [4.69, 9.17) is 10.5 Å². The van der Waals surface area contributed by atoms with E-state index in [1.807, 2.05) is 0 Å². The van der Waals surface area contributed by atoms with Gasteiger partial charge in [-0.3, -0.25) is 9.69 Å². The normalized spacial score (nSPS) is 23.5. The first-order chi connectivity index (χ1) is 9.94. The van der Waals surface area contributed by atoms with E-state index in [9.17, 15) is 4.79 Å². The summed E-state index contributed by atoms with van der Waals surface area (Å²) in [4.78, 5) is 14.1. The molecular weight excluding hydrogens is 264 g/mol.